The normalized spacial score (nSPS) is 26.7. The molecule has 3 rings (SSSR count). The van der Waals surface area contributed by atoms with E-state index >= 15 is 0 Å². The van der Waals surface area contributed by atoms with Crippen molar-refractivity contribution in [3.63, 3.8) is 0 Å². The Bertz CT molecular complexity index is 935. The predicted molar refractivity (Wildman–Crippen MR) is 95.3 cm³/mol. The molecule has 1 saturated carbocycles. The van der Waals surface area contributed by atoms with E-state index in [0.717, 1.165) is 0 Å². The second-order valence-corrected chi connectivity index (χ2v) is 6.90. The second kappa shape index (κ2) is 6.83. The minimum absolute atomic E-state index is 0.157. The molecule has 1 heterocycles. The van der Waals surface area contributed by atoms with Gasteiger partial charge in [0.1, 0.15) is 17.5 Å². The first-order valence-corrected chi connectivity index (χ1v) is 8.46. The lowest BCUT2D eigenvalue weighted by Gasteiger charge is -2.47. The third-order valence-corrected chi connectivity index (χ3v) is 5.51. The minimum atomic E-state index is -1.92. The van der Waals surface area contributed by atoms with Gasteiger partial charge in [-0.15, -0.1) is 0 Å². The topological polar surface area (TPSA) is 108 Å². The van der Waals surface area contributed by atoms with Crippen molar-refractivity contribution in [3.8, 4) is 24.0 Å². The van der Waals surface area contributed by atoms with Gasteiger partial charge in [0.05, 0.1) is 31.0 Å². The molecule has 1 fully saturated rings. The number of halogens is 1. The number of likely N-dealkylation sites (N-methyl/N-ethyl adjacent to an activating group) is 1. The summed E-state index contributed by atoms with van der Waals surface area (Å²) in [4.78, 5) is 1.99. The summed E-state index contributed by atoms with van der Waals surface area (Å²) in [7, 11) is 3.33. The van der Waals surface area contributed by atoms with Crippen LogP contribution in [-0.2, 0) is 0 Å². The predicted octanol–water partition coefficient (Wildman–Crippen LogP) is 2.61. The first-order chi connectivity index (χ1) is 12.9. The lowest BCUT2D eigenvalue weighted by Crippen LogP contribution is -2.52. The molecule has 6 nitrogen and oxygen atoms in total. The molecule has 1 unspecified atom stereocenters. The Morgan fingerprint density at radius 2 is 2.00 bits per heavy atom. The van der Waals surface area contributed by atoms with Crippen molar-refractivity contribution in [1.82, 2.24) is 4.90 Å². The van der Waals surface area contributed by atoms with Crippen LogP contribution in [0.1, 0.15) is 11.5 Å². The number of nitrogens with one attached hydrogen (secondary N) is 1. The molecular formula is C20H18FN5O. The van der Waals surface area contributed by atoms with Crippen molar-refractivity contribution in [2.45, 2.75) is 5.92 Å². The van der Waals surface area contributed by atoms with Gasteiger partial charge in [-0.2, -0.15) is 15.8 Å². The molecule has 7 heteroatoms. The van der Waals surface area contributed by atoms with Gasteiger partial charge in [0.25, 0.3) is 0 Å². The highest BCUT2D eigenvalue weighted by Gasteiger charge is 2.58. The highest BCUT2D eigenvalue weighted by atomic mass is 19.1. The third-order valence-electron chi connectivity index (χ3n) is 5.51. The molecule has 1 aliphatic heterocycles. The number of hydrogen-bond donors (Lipinski definition) is 1. The summed E-state index contributed by atoms with van der Waals surface area (Å²) >= 11 is 0. The molecular weight excluding hydrogens is 345 g/mol. The van der Waals surface area contributed by atoms with Gasteiger partial charge in [-0.1, -0.05) is 6.08 Å². The van der Waals surface area contributed by atoms with Gasteiger partial charge in [0, 0.05) is 24.9 Å². The van der Waals surface area contributed by atoms with E-state index in [-0.39, 0.29) is 11.3 Å². The van der Waals surface area contributed by atoms with Gasteiger partial charge < -0.3 is 15.0 Å². The van der Waals surface area contributed by atoms with E-state index in [1.165, 1.54) is 25.3 Å². The smallest absolute Gasteiger partial charge is 0.189 e. The van der Waals surface area contributed by atoms with Crippen LogP contribution < -0.4 is 4.74 Å². The molecule has 0 aromatic heterocycles. The molecule has 136 valence electrons. The van der Waals surface area contributed by atoms with Crippen LogP contribution in [0, 0.1) is 62.5 Å². The third kappa shape index (κ3) is 2.67. The van der Waals surface area contributed by atoms with Crippen molar-refractivity contribution in [2.24, 2.45) is 17.3 Å². The maximum Gasteiger partial charge on any atom is 0.189 e. The van der Waals surface area contributed by atoms with E-state index in [9.17, 15) is 20.2 Å². The van der Waals surface area contributed by atoms with Crippen LogP contribution >= 0.6 is 0 Å². The molecule has 3 atom stereocenters. The van der Waals surface area contributed by atoms with Crippen molar-refractivity contribution in [2.75, 3.05) is 27.2 Å². The van der Waals surface area contributed by atoms with Crippen molar-refractivity contribution in [3.05, 3.63) is 41.2 Å². The summed E-state index contributed by atoms with van der Waals surface area (Å²) < 4.78 is 20.0. The van der Waals surface area contributed by atoms with E-state index in [0.29, 0.717) is 24.4 Å². The highest BCUT2D eigenvalue weighted by Crippen LogP contribution is 2.54. The molecule has 0 bridgehead atoms. The average Bonchev–Trinajstić information content (AvgIpc) is 2.68. The van der Waals surface area contributed by atoms with Crippen LogP contribution in [0.5, 0.6) is 5.75 Å². The quantitative estimate of drug-likeness (QED) is 0.813. The Hall–Kier alpha value is -3.21. The van der Waals surface area contributed by atoms with Gasteiger partial charge in [-0.25, -0.2) is 4.39 Å². The number of rotatable bonds is 2. The molecule has 1 aromatic carbocycles. The highest BCUT2D eigenvalue weighted by molar-refractivity contribution is 6.00. The fourth-order valence-corrected chi connectivity index (χ4v) is 4.18. The zero-order valence-electron chi connectivity index (χ0n) is 15.0. The number of hydrogen-bond acceptors (Lipinski definition) is 6. The Balaban J connectivity index is 2.31. The molecule has 1 N–H and O–H groups in total. The van der Waals surface area contributed by atoms with Crippen LogP contribution in [0.25, 0.3) is 0 Å². The molecule has 1 aromatic rings. The first-order valence-electron chi connectivity index (χ1n) is 8.46. The summed E-state index contributed by atoms with van der Waals surface area (Å²) in [5, 5.41) is 38.0. The van der Waals surface area contributed by atoms with Gasteiger partial charge in [0.2, 0.25) is 0 Å². The van der Waals surface area contributed by atoms with Crippen LogP contribution in [-0.4, -0.2) is 37.9 Å². The van der Waals surface area contributed by atoms with E-state index in [1.54, 1.807) is 0 Å². The van der Waals surface area contributed by atoms with Crippen LogP contribution in [0.3, 0.4) is 0 Å². The number of benzene rings is 1. The van der Waals surface area contributed by atoms with Gasteiger partial charge >= 0.3 is 0 Å². The van der Waals surface area contributed by atoms with Crippen LogP contribution in [0.2, 0.25) is 0 Å². The summed E-state index contributed by atoms with van der Waals surface area (Å²) in [5.74, 6) is -2.45. The van der Waals surface area contributed by atoms with Gasteiger partial charge in [0.15, 0.2) is 5.41 Å². The maximum absolute atomic E-state index is 14.8. The maximum atomic E-state index is 14.8. The Morgan fingerprint density at radius 3 is 2.59 bits per heavy atom. The fourth-order valence-electron chi connectivity index (χ4n) is 4.18. The fraction of sp³-hybridized carbons (Fsp3) is 0.400. The molecule has 0 spiro atoms. The molecule has 2 aliphatic rings. The summed E-state index contributed by atoms with van der Waals surface area (Å²) in [6.07, 6.45) is 1.86. The first kappa shape index (κ1) is 18.6. The Labute approximate surface area is 157 Å². The van der Waals surface area contributed by atoms with E-state index in [4.69, 9.17) is 10.1 Å². The number of nitriles is 3. The van der Waals surface area contributed by atoms with Gasteiger partial charge in [-0.05, 0) is 36.4 Å². The van der Waals surface area contributed by atoms with E-state index < -0.39 is 29.0 Å². The summed E-state index contributed by atoms with van der Waals surface area (Å²) in [6.45, 7) is 1.06. The van der Waals surface area contributed by atoms with Crippen molar-refractivity contribution >= 4 is 5.71 Å². The van der Waals surface area contributed by atoms with Crippen molar-refractivity contribution in [1.29, 1.82) is 21.2 Å². The largest absolute Gasteiger partial charge is 0.497 e. The molecule has 0 radical (unpaired) electrons. The van der Waals surface area contributed by atoms with E-state index in [2.05, 4.69) is 6.07 Å². The van der Waals surface area contributed by atoms with Crippen LogP contribution in [0.4, 0.5) is 4.39 Å². The second-order valence-electron chi connectivity index (χ2n) is 6.90. The lowest BCUT2D eigenvalue weighted by molar-refractivity contribution is 0.232. The van der Waals surface area contributed by atoms with E-state index in [1.807, 2.05) is 30.2 Å². The standard InChI is InChI=1S/C20H18FN5O/c1-26-6-5-13-15(8-22)19(25)20(10-23,11-24)18(16(13)9-26)14-7-12(27-2)3-4-17(14)21/h3-5,7,15-16,18,25H,6,9H2,1-2H3/t15?,16-,18-/m0/s1. The number of methoxy groups -OCH3 is 1. The molecule has 0 amide bonds. The minimum Gasteiger partial charge on any atom is -0.497 e. The SMILES string of the molecule is COc1ccc(F)c([C@H]2[C@H]3CN(C)CC=C3C(C#N)C(=N)C2(C#N)C#N)c1. The lowest BCUT2D eigenvalue weighted by atomic mass is 9.54. The Morgan fingerprint density at radius 1 is 1.30 bits per heavy atom. The summed E-state index contributed by atoms with van der Waals surface area (Å²) in [5.41, 5.74) is -1.36. The molecule has 0 saturated heterocycles. The number of ether oxygens (including phenoxy) is 1. The number of fused-ring (bicyclic) bond motifs is 1. The Kier molecular flexibility index (Phi) is 4.70. The van der Waals surface area contributed by atoms with Gasteiger partial charge in [-0.3, -0.25) is 0 Å². The van der Waals surface area contributed by atoms with Crippen molar-refractivity contribution < 1.29 is 9.13 Å². The zero-order valence-corrected chi connectivity index (χ0v) is 15.0. The van der Waals surface area contributed by atoms with Crippen LogP contribution in [0.15, 0.2) is 29.8 Å². The molecule has 1 aliphatic carbocycles. The summed E-state index contributed by atoms with van der Waals surface area (Å²) in [6, 6.07) is 10.2. The average molecular weight is 363 g/mol. The molecule has 27 heavy (non-hydrogen) atoms. The monoisotopic (exact) mass is 363 g/mol. The number of nitrogens with zero attached hydrogens (tertiary/aromatic N) is 4. The zero-order chi connectivity index (χ0) is 19.8.